The zero-order chi connectivity index (χ0) is 19.9. The van der Waals surface area contributed by atoms with Gasteiger partial charge in [0.05, 0.1) is 0 Å². The second-order valence-electron chi connectivity index (χ2n) is 7.32. The molecule has 28 heavy (non-hydrogen) atoms. The first kappa shape index (κ1) is 20.0. The standard InChI is InChI=1S/C24H28O4/c1-2-22(24(26)27)28-21-15-11-19(12-16-21)23(17-7-5-3-4-6-8-17)18-9-13-20(25)14-10-18/h9-16,22,25H,2-8H2,1H3,(H,26,27). The molecule has 3 rings (SSSR count). The van der Waals surface area contributed by atoms with Crippen LogP contribution in [0.2, 0.25) is 0 Å². The number of phenolic OH excluding ortho intramolecular Hbond substituents is 1. The minimum Gasteiger partial charge on any atom is -0.508 e. The molecule has 1 aliphatic rings. The third kappa shape index (κ3) is 4.94. The van der Waals surface area contributed by atoms with Crippen LogP contribution in [0.15, 0.2) is 54.1 Å². The van der Waals surface area contributed by atoms with E-state index in [0.717, 1.165) is 24.0 Å². The number of hydrogen-bond acceptors (Lipinski definition) is 3. The van der Waals surface area contributed by atoms with E-state index in [2.05, 4.69) is 0 Å². The topological polar surface area (TPSA) is 66.8 Å². The molecule has 0 aliphatic heterocycles. The van der Waals surface area contributed by atoms with Crippen LogP contribution in [0.1, 0.15) is 63.0 Å². The minimum atomic E-state index is -0.947. The van der Waals surface area contributed by atoms with Crippen LogP contribution in [0.25, 0.3) is 5.57 Å². The number of aromatic hydroxyl groups is 1. The predicted octanol–water partition coefficient (Wildman–Crippen LogP) is 5.79. The highest BCUT2D eigenvalue weighted by Crippen LogP contribution is 2.35. The Kier molecular flexibility index (Phi) is 6.75. The van der Waals surface area contributed by atoms with Gasteiger partial charge in [-0.15, -0.1) is 0 Å². The lowest BCUT2D eigenvalue weighted by molar-refractivity contribution is -0.145. The lowest BCUT2D eigenvalue weighted by atomic mass is 9.89. The van der Waals surface area contributed by atoms with E-state index in [1.165, 1.54) is 36.8 Å². The molecule has 4 nitrogen and oxygen atoms in total. The van der Waals surface area contributed by atoms with Gasteiger partial charge in [0, 0.05) is 0 Å². The number of phenols is 1. The molecular formula is C24H28O4. The maximum Gasteiger partial charge on any atom is 0.344 e. The first-order valence-corrected chi connectivity index (χ1v) is 10.1. The number of allylic oxidation sites excluding steroid dienone is 1. The van der Waals surface area contributed by atoms with Gasteiger partial charge in [-0.3, -0.25) is 0 Å². The van der Waals surface area contributed by atoms with Crippen LogP contribution in [0.5, 0.6) is 11.5 Å². The smallest absolute Gasteiger partial charge is 0.344 e. The van der Waals surface area contributed by atoms with Crippen molar-refractivity contribution in [2.75, 3.05) is 0 Å². The molecule has 4 heteroatoms. The van der Waals surface area contributed by atoms with Crippen molar-refractivity contribution in [3.8, 4) is 11.5 Å². The summed E-state index contributed by atoms with van der Waals surface area (Å²) in [6, 6.07) is 15.1. The second kappa shape index (κ2) is 9.45. The highest BCUT2D eigenvalue weighted by Gasteiger charge is 2.18. The molecule has 0 bridgehead atoms. The molecule has 1 atom stereocenters. The molecule has 0 radical (unpaired) electrons. The number of ether oxygens (including phenoxy) is 1. The lowest BCUT2D eigenvalue weighted by Gasteiger charge is -2.17. The predicted molar refractivity (Wildman–Crippen MR) is 111 cm³/mol. The van der Waals surface area contributed by atoms with Crippen molar-refractivity contribution < 1.29 is 19.7 Å². The lowest BCUT2D eigenvalue weighted by Crippen LogP contribution is -2.25. The summed E-state index contributed by atoms with van der Waals surface area (Å²) in [5.41, 5.74) is 4.87. The van der Waals surface area contributed by atoms with Crippen LogP contribution < -0.4 is 4.74 Å². The van der Waals surface area contributed by atoms with Crippen LogP contribution in [0.4, 0.5) is 0 Å². The van der Waals surface area contributed by atoms with Crippen LogP contribution in [0, 0.1) is 0 Å². The summed E-state index contributed by atoms with van der Waals surface area (Å²) in [4.78, 5) is 11.2. The monoisotopic (exact) mass is 380 g/mol. The first-order valence-electron chi connectivity index (χ1n) is 10.1. The average molecular weight is 380 g/mol. The highest BCUT2D eigenvalue weighted by atomic mass is 16.5. The zero-order valence-corrected chi connectivity index (χ0v) is 16.4. The number of aliphatic carboxylic acids is 1. The molecule has 0 heterocycles. The van der Waals surface area contributed by atoms with Gasteiger partial charge in [-0.1, -0.05) is 49.6 Å². The van der Waals surface area contributed by atoms with Gasteiger partial charge in [0.2, 0.25) is 0 Å². The van der Waals surface area contributed by atoms with Crippen LogP contribution in [-0.4, -0.2) is 22.3 Å². The molecule has 2 aromatic carbocycles. The van der Waals surface area contributed by atoms with Crippen molar-refractivity contribution in [2.45, 2.75) is 58.0 Å². The van der Waals surface area contributed by atoms with Crippen molar-refractivity contribution in [2.24, 2.45) is 0 Å². The molecule has 1 aliphatic carbocycles. The third-order valence-corrected chi connectivity index (χ3v) is 5.28. The summed E-state index contributed by atoms with van der Waals surface area (Å²) >= 11 is 0. The first-order chi connectivity index (χ1) is 13.6. The van der Waals surface area contributed by atoms with E-state index < -0.39 is 12.1 Å². The number of rotatable bonds is 6. The Hall–Kier alpha value is -2.75. The average Bonchev–Trinajstić information content (AvgIpc) is 2.98. The van der Waals surface area contributed by atoms with Gasteiger partial charge in [0.25, 0.3) is 0 Å². The van der Waals surface area contributed by atoms with E-state index in [0.29, 0.717) is 12.2 Å². The summed E-state index contributed by atoms with van der Waals surface area (Å²) < 4.78 is 5.60. The molecule has 1 saturated carbocycles. The minimum absolute atomic E-state index is 0.261. The fraction of sp³-hybridized carbons (Fsp3) is 0.375. The van der Waals surface area contributed by atoms with Gasteiger partial charge < -0.3 is 14.9 Å². The van der Waals surface area contributed by atoms with Crippen molar-refractivity contribution in [1.82, 2.24) is 0 Å². The van der Waals surface area contributed by atoms with Gasteiger partial charge in [-0.05, 0) is 73.1 Å². The van der Waals surface area contributed by atoms with Crippen LogP contribution >= 0.6 is 0 Å². The molecular weight excluding hydrogens is 352 g/mol. The van der Waals surface area contributed by atoms with Crippen molar-refractivity contribution in [1.29, 1.82) is 0 Å². The zero-order valence-electron chi connectivity index (χ0n) is 16.4. The quantitative estimate of drug-likeness (QED) is 0.623. The van der Waals surface area contributed by atoms with Crippen molar-refractivity contribution in [3.63, 3.8) is 0 Å². The fourth-order valence-corrected chi connectivity index (χ4v) is 3.78. The van der Waals surface area contributed by atoms with E-state index in [-0.39, 0.29) is 5.75 Å². The number of carboxylic acid groups (broad SMARTS) is 1. The van der Waals surface area contributed by atoms with E-state index in [1.807, 2.05) is 36.4 Å². The number of carboxylic acids is 1. The SMILES string of the molecule is CCC(Oc1ccc(C(=C2CCCCCC2)c2ccc(O)cc2)cc1)C(=O)O. The Morgan fingerprint density at radius 1 is 0.929 bits per heavy atom. The fourth-order valence-electron chi connectivity index (χ4n) is 3.78. The summed E-state index contributed by atoms with van der Waals surface area (Å²) in [7, 11) is 0. The van der Waals surface area contributed by atoms with E-state index in [4.69, 9.17) is 4.74 Å². The molecule has 0 saturated heterocycles. The highest BCUT2D eigenvalue weighted by molar-refractivity contribution is 5.82. The number of benzene rings is 2. The molecule has 2 N–H and O–H groups in total. The summed E-state index contributed by atoms with van der Waals surface area (Å²) in [6.07, 6.45) is 6.71. The Balaban J connectivity index is 1.95. The Morgan fingerprint density at radius 2 is 1.46 bits per heavy atom. The second-order valence-corrected chi connectivity index (χ2v) is 7.32. The molecule has 0 aromatic heterocycles. The van der Waals surface area contributed by atoms with Crippen LogP contribution in [-0.2, 0) is 4.79 Å². The maximum absolute atomic E-state index is 11.2. The third-order valence-electron chi connectivity index (χ3n) is 5.28. The van der Waals surface area contributed by atoms with E-state index in [9.17, 15) is 15.0 Å². The number of hydrogen-bond donors (Lipinski definition) is 2. The largest absolute Gasteiger partial charge is 0.508 e. The van der Waals surface area contributed by atoms with Crippen molar-refractivity contribution >= 4 is 11.5 Å². The molecule has 1 unspecified atom stereocenters. The molecule has 148 valence electrons. The number of carbonyl (C=O) groups is 1. The molecule has 2 aromatic rings. The Bertz CT molecular complexity index is 809. The van der Waals surface area contributed by atoms with Gasteiger partial charge >= 0.3 is 5.97 Å². The maximum atomic E-state index is 11.2. The van der Waals surface area contributed by atoms with Gasteiger partial charge in [-0.2, -0.15) is 0 Å². The Morgan fingerprint density at radius 3 is 1.96 bits per heavy atom. The summed E-state index contributed by atoms with van der Waals surface area (Å²) in [6.45, 7) is 1.80. The molecule has 0 spiro atoms. The van der Waals surface area contributed by atoms with Crippen molar-refractivity contribution in [3.05, 3.63) is 65.2 Å². The summed E-state index contributed by atoms with van der Waals surface area (Å²) in [5.74, 6) is -0.122. The summed E-state index contributed by atoms with van der Waals surface area (Å²) in [5, 5.41) is 18.9. The molecule has 1 fully saturated rings. The van der Waals surface area contributed by atoms with Crippen LogP contribution in [0.3, 0.4) is 0 Å². The van der Waals surface area contributed by atoms with E-state index in [1.54, 1.807) is 19.1 Å². The van der Waals surface area contributed by atoms with E-state index >= 15 is 0 Å². The molecule has 0 amide bonds. The van der Waals surface area contributed by atoms with Gasteiger partial charge in [0.15, 0.2) is 6.10 Å². The van der Waals surface area contributed by atoms with Gasteiger partial charge in [0.1, 0.15) is 11.5 Å². The van der Waals surface area contributed by atoms with Gasteiger partial charge in [-0.25, -0.2) is 4.79 Å². The normalized spacial score (nSPS) is 15.5. The Labute approximate surface area is 166 Å².